The number of hydrogen-bond acceptors (Lipinski definition) is 5. The number of rotatable bonds is 5. The molecular formula is C13H10F2N2O4. The van der Waals surface area contributed by atoms with Crippen molar-refractivity contribution in [2.45, 2.75) is 0 Å². The predicted octanol–water partition coefficient (Wildman–Crippen LogP) is 0.434. The highest BCUT2D eigenvalue weighted by molar-refractivity contribution is 6.17. The van der Waals surface area contributed by atoms with E-state index in [4.69, 9.17) is 5.11 Å². The summed E-state index contributed by atoms with van der Waals surface area (Å²) in [7, 11) is 0. The molecule has 0 saturated heterocycles. The van der Waals surface area contributed by atoms with Crippen molar-refractivity contribution < 1.29 is 28.3 Å². The smallest absolute Gasteiger partial charge is 0.277 e. The molecule has 1 aromatic carbocycles. The molecule has 1 aliphatic heterocycles. The minimum atomic E-state index is -1.33. The highest BCUT2D eigenvalue weighted by Crippen LogP contribution is 2.24. The number of hydrogen-bond donors (Lipinski definition) is 2. The third-order valence-electron chi connectivity index (χ3n) is 2.85. The van der Waals surface area contributed by atoms with Crippen LogP contribution in [0.15, 0.2) is 23.9 Å². The van der Waals surface area contributed by atoms with E-state index in [0.29, 0.717) is 0 Å². The van der Waals surface area contributed by atoms with E-state index in [2.05, 4.69) is 5.32 Å². The molecule has 0 atom stereocenters. The summed E-state index contributed by atoms with van der Waals surface area (Å²) < 4.78 is 26.9. The number of anilines is 1. The third-order valence-corrected chi connectivity index (χ3v) is 2.85. The first-order valence-corrected chi connectivity index (χ1v) is 5.88. The number of benzene rings is 1. The predicted molar refractivity (Wildman–Crippen MR) is 67.3 cm³/mol. The lowest BCUT2D eigenvalue weighted by atomic mass is 10.1. The maximum atomic E-state index is 13.7. The quantitative estimate of drug-likeness (QED) is 0.608. The summed E-state index contributed by atoms with van der Waals surface area (Å²) in [4.78, 5) is 35.0. The Labute approximate surface area is 117 Å². The van der Waals surface area contributed by atoms with Crippen LogP contribution in [0.5, 0.6) is 0 Å². The highest BCUT2D eigenvalue weighted by atomic mass is 19.2. The Morgan fingerprint density at radius 2 is 2.00 bits per heavy atom. The monoisotopic (exact) mass is 296 g/mol. The van der Waals surface area contributed by atoms with Gasteiger partial charge in [-0.15, -0.1) is 0 Å². The van der Waals surface area contributed by atoms with Crippen LogP contribution in [0.25, 0.3) is 0 Å². The number of nitrogens with one attached hydrogen (secondary N) is 1. The number of carbonyl (C=O) groups excluding carboxylic acids is 3. The van der Waals surface area contributed by atoms with Gasteiger partial charge in [0.1, 0.15) is 5.70 Å². The van der Waals surface area contributed by atoms with Gasteiger partial charge in [0, 0.05) is 11.6 Å². The maximum absolute atomic E-state index is 13.7. The Morgan fingerprint density at radius 3 is 2.62 bits per heavy atom. The average Bonchev–Trinajstić information content (AvgIpc) is 2.72. The first-order valence-electron chi connectivity index (χ1n) is 5.88. The first kappa shape index (κ1) is 14.8. The Kier molecular flexibility index (Phi) is 4.08. The van der Waals surface area contributed by atoms with Crippen LogP contribution in [0.3, 0.4) is 0 Å². The molecule has 0 saturated carbocycles. The van der Waals surface area contributed by atoms with Crippen molar-refractivity contribution in [1.29, 1.82) is 0 Å². The molecule has 0 unspecified atom stereocenters. The standard InChI is InChI=1S/C13H10F2N2O4/c14-8-2-1-7(6-19)12(11(8)15)16-9-5-10(20)17(3-4-18)13(9)21/h1-2,5-6,16,18H,3-4H2. The van der Waals surface area contributed by atoms with Crippen LogP contribution in [0.2, 0.25) is 0 Å². The van der Waals surface area contributed by atoms with Crippen molar-refractivity contribution >= 4 is 23.8 Å². The maximum Gasteiger partial charge on any atom is 0.277 e. The number of aliphatic hydroxyl groups is 1. The zero-order valence-corrected chi connectivity index (χ0v) is 10.6. The van der Waals surface area contributed by atoms with Crippen molar-refractivity contribution in [2.75, 3.05) is 18.5 Å². The third kappa shape index (κ3) is 2.65. The molecule has 2 rings (SSSR count). The lowest BCUT2D eigenvalue weighted by molar-refractivity contribution is -0.137. The first-order chi connectivity index (χ1) is 9.99. The number of nitrogens with zero attached hydrogens (tertiary/aromatic N) is 1. The van der Waals surface area contributed by atoms with Gasteiger partial charge in [-0.25, -0.2) is 8.78 Å². The number of aldehydes is 1. The molecule has 1 aliphatic rings. The summed E-state index contributed by atoms with van der Waals surface area (Å²) in [5.41, 5.74) is -1.03. The van der Waals surface area contributed by atoms with Gasteiger partial charge in [0.25, 0.3) is 11.8 Å². The average molecular weight is 296 g/mol. The Morgan fingerprint density at radius 1 is 1.29 bits per heavy atom. The largest absolute Gasteiger partial charge is 0.395 e. The molecular weight excluding hydrogens is 286 g/mol. The van der Waals surface area contributed by atoms with Crippen LogP contribution in [-0.2, 0) is 9.59 Å². The minimum absolute atomic E-state index is 0.198. The van der Waals surface area contributed by atoms with E-state index in [9.17, 15) is 23.2 Å². The van der Waals surface area contributed by atoms with Crippen molar-refractivity contribution in [2.24, 2.45) is 0 Å². The number of amides is 2. The summed E-state index contributed by atoms with van der Waals surface area (Å²) in [6, 6.07) is 1.82. The molecule has 0 radical (unpaired) electrons. The highest BCUT2D eigenvalue weighted by Gasteiger charge is 2.31. The van der Waals surface area contributed by atoms with Gasteiger partial charge in [0.15, 0.2) is 17.9 Å². The lowest BCUT2D eigenvalue weighted by Gasteiger charge is -2.14. The molecule has 8 heteroatoms. The topological polar surface area (TPSA) is 86.7 Å². The molecule has 21 heavy (non-hydrogen) atoms. The van der Waals surface area contributed by atoms with Crippen LogP contribution in [0, 0.1) is 11.6 Å². The van der Waals surface area contributed by atoms with E-state index in [-0.39, 0.29) is 24.1 Å². The Hall–Kier alpha value is -2.61. The Balaban J connectivity index is 2.34. The van der Waals surface area contributed by atoms with Crippen LogP contribution in [0.1, 0.15) is 10.4 Å². The fourth-order valence-corrected chi connectivity index (χ4v) is 1.84. The van der Waals surface area contributed by atoms with Crippen molar-refractivity contribution in [3.63, 3.8) is 0 Å². The van der Waals surface area contributed by atoms with Gasteiger partial charge in [-0.1, -0.05) is 0 Å². The van der Waals surface area contributed by atoms with E-state index in [1.807, 2.05) is 0 Å². The van der Waals surface area contributed by atoms with E-state index in [0.717, 1.165) is 23.1 Å². The van der Waals surface area contributed by atoms with E-state index >= 15 is 0 Å². The number of β-amino-alcohol motifs (C(OH)–C–C–N with tert-alkyl or cyclic N) is 1. The summed E-state index contributed by atoms with van der Waals surface area (Å²) >= 11 is 0. The summed E-state index contributed by atoms with van der Waals surface area (Å²) in [5, 5.41) is 11.0. The fraction of sp³-hybridized carbons (Fsp3) is 0.154. The molecule has 6 nitrogen and oxygen atoms in total. The Bertz CT molecular complexity index is 658. The number of carbonyl (C=O) groups is 3. The molecule has 110 valence electrons. The zero-order chi connectivity index (χ0) is 15.6. The van der Waals surface area contributed by atoms with E-state index in [1.165, 1.54) is 0 Å². The van der Waals surface area contributed by atoms with Crippen LogP contribution >= 0.6 is 0 Å². The van der Waals surface area contributed by atoms with Crippen molar-refractivity contribution in [1.82, 2.24) is 4.90 Å². The fourth-order valence-electron chi connectivity index (χ4n) is 1.84. The summed E-state index contributed by atoms with van der Waals surface area (Å²) in [6.45, 7) is -0.641. The van der Waals surface area contributed by atoms with E-state index in [1.54, 1.807) is 0 Å². The molecule has 0 aliphatic carbocycles. The van der Waals surface area contributed by atoms with Crippen molar-refractivity contribution in [3.8, 4) is 0 Å². The summed E-state index contributed by atoms with van der Waals surface area (Å²) in [5.74, 6) is -4.02. The molecule has 2 amide bonds. The number of halogens is 2. The molecule has 1 heterocycles. The van der Waals surface area contributed by atoms with E-state index < -0.39 is 35.7 Å². The molecule has 0 fully saturated rings. The second-order valence-corrected chi connectivity index (χ2v) is 4.15. The molecule has 2 N–H and O–H groups in total. The normalized spacial score (nSPS) is 14.4. The molecule has 0 spiro atoms. The SMILES string of the molecule is O=Cc1ccc(F)c(F)c1NC1=CC(=O)N(CCO)C1=O. The summed E-state index contributed by atoms with van der Waals surface area (Å²) in [6.07, 6.45) is 1.18. The van der Waals surface area contributed by atoms with Gasteiger partial charge in [-0.05, 0) is 12.1 Å². The number of aliphatic hydroxyl groups excluding tert-OH is 1. The van der Waals surface area contributed by atoms with Crippen molar-refractivity contribution in [3.05, 3.63) is 41.1 Å². The van der Waals surface area contributed by atoms with Gasteiger partial charge in [-0.3, -0.25) is 19.3 Å². The second-order valence-electron chi connectivity index (χ2n) is 4.15. The van der Waals surface area contributed by atoms with Gasteiger partial charge in [0.05, 0.1) is 18.8 Å². The van der Waals surface area contributed by atoms with Crippen LogP contribution in [0.4, 0.5) is 14.5 Å². The molecule has 0 aromatic heterocycles. The number of imide groups is 1. The van der Waals surface area contributed by atoms with Gasteiger partial charge in [-0.2, -0.15) is 0 Å². The van der Waals surface area contributed by atoms with Crippen LogP contribution < -0.4 is 5.32 Å². The molecule has 1 aromatic rings. The lowest BCUT2D eigenvalue weighted by Crippen LogP contribution is -2.34. The van der Waals surface area contributed by atoms with Gasteiger partial charge >= 0.3 is 0 Å². The zero-order valence-electron chi connectivity index (χ0n) is 10.6. The van der Waals surface area contributed by atoms with Gasteiger partial charge in [0.2, 0.25) is 0 Å². The minimum Gasteiger partial charge on any atom is -0.395 e. The van der Waals surface area contributed by atoms with Gasteiger partial charge < -0.3 is 10.4 Å². The second kappa shape index (κ2) is 5.80. The molecule has 0 bridgehead atoms. The van der Waals surface area contributed by atoms with Crippen LogP contribution in [-0.4, -0.2) is 41.3 Å².